The first-order chi connectivity index (χ1) is 15.6. The number of thiazole rings is 1. The molecule has 0 atom stereocenters. The zero-order valence-electron chi connectivity index (χ0n) is 18.2. The van der Waals surface area contributed by atoms with Crippen LogP contribution in [0.25, 0.3) is 10.2 Å². The maximum atomic E-state index is 13.4. The van der Waals surface area contributed by atoms with Gasteiger partial charge in [-0.3, -0.25) is 9.69 Å². The first kappa shape index (κ1) is 21.6. The van der Waals surface area contributed by atoms with Crippen LogP contribution >= 0.6 is 11.3 Å². The minimum absolute atomic E-state index is 0.164. The normalized spacial score (nSPS) is 10.7. The molecule has 0 saturated heterocycles. The first-order valence-corrected chi connectivity index (χ1v) is 11.1. The molecule has 164 valence electrons. The zero-order chi connectivity index (χ0) is 22.5. The van der Waals surface area contributed by atoms with Crippen LogP contribution < -0.4 is 19.1 Å². The number of methoxy groups -OCH3 is 1. The number of nitrogens with zero attached hydrogens (tertiary/aromatic N) is 2. The van der Waals surface area contributed by atoms with Crippen molar-refractivity contribution < 1.29 is 19.0 Å². The maximum Gasteiger partial charge on any atom is 0.271 e. The van der Waals surface area contributed by atoms with Gasteiger partial charge in [-0.2, -0.15) is 0 Å². The summed E-state index contributed by atoms with van der Waals surface area (Å²) in [6, 6.07) is 20.8. The number of anilines is 2. The van der Waals surface area contributed by atoms with Crippen LogP contribution in [0.15, 0.2) is 66.7 Å². The van der Waals surface area contributed by atoms with Gasteiger partial charge in [0, 0.05) is 0 Å². The van der Waals surface area contributed by atoms with E-state index in [1.807, 2.05) is 74.5 Å². The average Bonchev–Trinajstić information content (AvgIpc) is 3.23. The van der Waals surface area contributed by atoms with Crippen LogP contribution in [-0.2, 0) is 4.79 Å². The van der Waals surface area contributed by atoms with Gasteiger partial charge in [0.2, 0.25) is 0 Å². The predicted octanol–water partition coefficient (Wildman–Crippen LogP) is 5.76. The average molecular weight is 449 g/mol. The molecule has 1 amide bonds. The summed E-state index contributed by atoms with van der Waals surface area (Å²) in [5.41, 5.74) is 2.58. The molecule has 6 nitrogen and oxygen atoms in total. The van der Waals surface area contributed by atoms with E-state index in [4.69, 9.17) is 14.2 Å². The van der Waals surface area contributed by atoms with E-state index in [1.165, 1.54) is 11.3 Å². The molecule has 0 spiro atoms. The molecule has 7 heteroatoms. The Morgan fingerprint density at radius 3 is 2.50 bits per heavy atom. The van der Waals surface area contributed by atoms with Crippen LogP contribution in [0.1, 0.15) is 12.5 Å². The third-order valence-electron chi connectivity index (χ3n) is 4.80. The fourth-order valence-corrected chi connectivity index (χ4v) is 4.28. The van der Waals surface area contributed by atoms with Gasteiger partial charge in [-0.25, -0.2) is 4.98 Å². The van der Waals surface area contributed by atoms with Crippen LogP contribution in [0.2, 0.25) is 0 Å². The summed E-state index contributed by atoms with van der Waals surface area (Å²) in [5.74, 6) is 1.61. The lowest BCUT2D eigenvalue weighted by atomic mass is 10.2. The molecule has 0 bridgehead atoms. The quantitative estimate of drug-likeness (QED) is 0.343. The number of rotatable bonds is 8. The summed E-state index contributed by atoms with van der Waals surface area (Å²) in [5, 5.41) is 0.583. The Morgan fingerprint density at radius 2 is 1.78 bits per heavy atom. The molecule has 0 radical (unpaired) electrons. The third-order valence-corrected chi connectivity index (χ3v) is 5.82. The molecule has 0 N–H and O–H groups in total. The maximum absolute atomic E-state index is 13.4. The number of benzene rings is 3. The van der Waals surface area contributed by atoms with E-state index in [9.17, 15) is 4.79 Å². The Labute approximate surface area is 191 Å². The Bertz CT molecular complexity index is 1190. The summed E-state index contributed by atoms with van der Waals surface area (Å²) in [6.45, 7) is 4.31. The lowest BCUT2D eigenvalue weighted by Gasteiger charge is -2.21. The topological polar surface area (TPSA) is 60.9 Å². The van der Waals surface area contributed by atoms with E-state index < -0.39 is 0 Å². The van der Waals surface area contributed by atoms with Crippen molar-refractivity contribution in [3.63, 3.8) is 0 Å². The second kappa shape index (κ2) is 9.70. The highest BCUT2D eigenvalue weighted by Crippen LogP contribution is 2.35. The number of hydrogen-bond acceptors (Lipinski definition) is 6. The molecule has 0 fully saturated rings. The van der Waals surface area contributed by atoms with Crippen molar-refractivity contribution in [2.24, 2.45) is 0 Å². The third kappa shape index (κ3) is 4.68. The number of amides is 1. The van der Waals surface area contributed by atoms with Crippen molar-refractivity contribution in [3.05, 3.63) is 72.3 Å². The van der Waals surface area contributed by atoms with Crippen LogP contribution in [0.3, 0.4) is 0 Å². The van der Waals surface area contributed by atoms with E-state index in [-0.39, 0.29) is 12.5 Å². The molecule has 0 aliphatic rings. The zero-order valence-corrected chi connectivity index (χ0v) is 19.0. The fourth-order valence-electron chi connectivity index (χ4n) is 3.27. The van der Waals surface area contributed by atoms with E-state index in [0.29, 0.717) is 28.9 Å². The smallest absolute Gasteiger partial charge is 0.271 e. The van der Waals surface area contributed by atoms with Gasteiger partial charge in [-0.1, -0.05) is 29.5 Å². The largest absolute Gasteiger partial charge is 0.494 e. The first-order valence-electron chi connectivity index (χ1n) is 10.3. The van der Waals surface area contributed by atoms with Gasteiger partial charge >= 0.3 is 0 Å². The SMILES string of the molecule is CCOc1ccc(N(C(=O)COc2ccc(C)cc2OC)c2nc3ccccc3s2)cc1. The minimum Gasteiger partial charge on any atom is -0.494 e. The summed E-state index contributed by atoms with van der Waals surface area (Å²) in [6.07, 6.45) is 0. The molecule has 4 aromatic rings. The highest BCUT2D eigenvalue weighted by molar-refractivity contribution is 7.22. The second-order valence-corrected chi connectivity index (χ2v) is 8.07. The van der Waals surface area contributed by atoms with Crippen molar-refractivity contribution in [2.45, 2.75) is 13.8 Å². The summed E-state index contributed by atoms with van der Waals surface area (Å²) in [7, 11) is 1.58. The number of hydrogen-bond donors (Lipinski definition) is 0. The van der Waals surface area contributed by atoms with Gasteiger partial charge in [-0.15, -0.1) is 0 Å². The van der Waals surface area contributed by atoms with E-state index in [1.54, 1.807) is 18.1 Å². The Kier molecular flexibility index (Phi) is 6.56. The van der Waals surface area contributed by atoms with Crippen molar-refractivity contribution in [1.29, 1.82) is 0 Å². The Balaban J connectivity index is 1.64. The molecule has 0 unspecified atom stereocenters. The van der Waals surface area contributed by atoms with Crippen molar-refractivity contribution in [3.8, 4) is 17.2 Å². The van der Waals surface area contributed by atoms with Gasteiger partial charge < -0.3 is 14.2 Å². The Morgan fingerprint density at radius 1 is 1.00 bits per heavy atom. The van der Waals surface area contributed by atoms with E-state index in [0.717, 1.165) is 21.5 Å². The molecule has 0 aliphatic heterocycles. The molecular weight excluding hydrogens is 424 g/mol. The fraction of sp³-hybridized carbons (Fsp3) is 0.200. The number of ether oxygens (including phenoxy) is 3. The molecule has 1 heterocycles. The van der Waals surface area contributed by atoms with Gasteiger partial charge in [0.25, 0.3) is 5.91 Å². The number of aryl methyl sites for hydroxylation is 1. The van der Waals surface area contributed by atoms with E-state index >= 15 is 0 Å². The molecule has 1 aromatic heterocycles. The Hall–Kier alpha value is -3.58. The molecule has 0 aliphatic carbocycles. The molecule has 0 saturated carbocycles. The van der Waals surface area contributed by atoms with Gasteiger partial charge in [0.1, 0.15) is 5.75 Å². The van der Waals surface area contributed by atoms with Crippen LogP contribution in [0.4, 0.5) is 10.8 Å². The van der Waals surface area contributed by atoms with E-state index in [2.05, 4.69) is 4.98 Å². The summed E-state index contributed by atoms with van der Waals surface area (Å²) in [4.78, 5) is 19.6. The highest BCUT2D eigenvalue weighted by atomic mass is 32.1. The van der Waals surface area contributed by atoms with Crippen LogP contribution in [0, 0.1) is 6.92 Å². The predicted molar refractivity (Wildman–Crippen MR) is 128 cm³/mol. The molecule has 4 rings (SSSR count). The van der Waals surface area contributed by atoms with Gasteiger partial charge in [0.15, 0.2) is 23.2 Å². The lowest BCUT2D eigenvalue weighted by molar-refractivity contribution is -0.119. The summed E-state index contributed by atoms with van der Waals surface area (Å²) < 4.78 is 17.8. The number of fused-ring (bicyclic) bond motifs is 1. The summed E-state index contributed by atoms with van der Waals surface area (Å²) >= 11 is 1.46. The molecular formula is C25H24N2O4S. The number of carbonyl (C=O) groups is 1. The van der Waals surface area contributed by atoms with Crippen molar-refractivity contribution in [2.75, 3.05) is 25.2 Å². The van der Waals surface area contributed by atoms with Gasteiger partial charge in [0.05, 0.1) is 29.6 Å². The van der Waals surface area contributed by atoms with Crippen molar-refractivity contribution in [1.82, 2.24) is 4.98 Å². The second-order valence-electron chi connectivity index (χ2n) is 7.06. The van der Waals surface area contributed by atoms with Crippen molar-refractivity contribution >= 4 is 38.3 Å². The number of para-hydroxylation sites is 1. The van der Waals surface area contributed by atoms with Gasteiger partial charge in [-0.05, 0) is 67.9 Å². The van der Waals surface area contributed by atoms with Crippen LogP contribution in [-0.4, -0.2) is 31.2 Å². The standard InChI is InChI=1S/C25H24N2O4S/c1-4-30-19-12-10-18(11-13-19)27(25-26-20-7-5-6-8-23(20)32-25)24(28)16-31-21-14-9-17(2)15-22(21)29-3/h5-15H,4,16H2,1-3H3. The molecule has 3 aromatic carbocycles. The number of aromatic nitrogens is 1. The molecule has 32 heavy (non-hydrogen) atoms. The monoisotopic (exact) mass is 448 g/mol. The van der Waals surface area contributed by atoms with Crippen LogP contribution in [0.5, 0.6) is 17.2 Å². The minimum atomic E-state index is -0.240. The highest BCUT2D eigenvalue weighted by Gasteiger charge is 2.23. The lowest BCUT2D eigenvalue weighted by Crippen LogP contribution is -2.30. The number of carbonyl (C=O) groups excluding carboxylic acids is 1.